The molecule has 0 aliphatic heterocycles. The number of nitrogens with zero attached hydrogens (tertiary/aromatic N) is 2. The van der Waals surface area contributed by atoms with Gasteiger partial charge in [-0.1, -0.05) is 0 Å². The van der Waals surface area contributed by atoms with Crippen LogP contribution in [0.2, 0.25) is 0 Å². The summed E-state index contributed by atoms with van der Waals surface area (Å²) in [6, 6.07) is 5.42. The van der Waals surface area contributed by atoms with Crippen molar-refractivity contribution in [3.63, 3.8) is 0 Å². The molecule has 1 aromatic carbocycles. The first-order valence-electron chi connectivity index (χ1n) is 8.45. The zero-order valence-corrected chi connectivity index (χ0v) is 14.1. The lowest BCUT2D eigenvalue weighted by Crippen LogP contribution is -2.30. The zero-order chi connectivity index (χ0) is 17.1. The second-order valence-corrected chi connectivity index (χ2v) is 5.78. The van der Waals surface area contributed by atoms with Crippen LogP contribution in [0.3, 0.4) is 0 Å². The summed E-state index contributed by atoms with van der Waals surface area (Å²) in [6.45, 7) is 4.85. The molecule has 0 fully saturated rings. The summed E-state index contributed by atoms with van der Waals surface area (Å²) in [7, 11) is 0. The van der Waals surface area contributed by atoms with Gasteiger partial charge in [-0.3, -0.25) is 0 Å². The molecular weight excluding hydrogens is 308 g/mol. The molecule has 0 saturated carbocycles. The van der Waals surface area contributed by atoms with E-state index in [0.717, 1.165) is 22.0 Å². The lowest BCUT2D eigenvalue weighted by Gasteiger charge is -2.17. The predicted molar refractivity (Wildman–Crippen MR) is 89.4 cm³/mol. The van der Waals surface area contributed by atoms with Gasteiger partial charge >= 0.3 is 0 Å². The van der Waals surface area contributed by atoms with E-state index >= 15 is 0 Å². The van der Waals surface area contributed by atoms with Crippen LogP contribution in [0.5, 0.6) is 11.5 Å². The third kappa shape index (κ3) is 2.96. The van der Waals surface area contributed by atoms with E-state index in [0.29, 0.717) is 60.2 Å². The Morgan fingerprint density at radius 1 is 1.17 bits per heavy atom. The minimum Gasteiger partial charge on any atom is -0.494 e. The molecule has 0 radical (unpaired) electrons. The SMILES string of the molecule is CCOc1ccc(-c2c[n+](=O)c3c(n2O)CCCC3)c(OCC)c1. The van der Waals surface area contributed by atoms with E-state index < -0.39 is 0 Å². The van der Waals surface area contributed by atoms with Crippen LogP contribution in [0, 0.1) is 4.91 Å². The molecule has 128 valence electrons. The van der Waals surface area contributed by atoms with E-state index in [1.165, 1.54) is 6.20 Å². The summed E-state index contributed by atoms with van der Waals surface area (Å²) in [4.78, 5) is 12.4. The van der Waals surface area contributed by atoms with Crippen molar-refractivity contribution in [2.24, 2.45) is 0 Å². The van der Waals surface area contributed by atoms with Gasteiger partial charge in [0, 0.05) is 17.4 Å². The molecule has 0 unspecified atom stereocenters. The van der Waals surface area contributed by atoms with E-state index in [1.54, 1.807) is 6.07 Å². The summed E-state index contributed by atoms with van der Waals surface area (Å²) in [6.07, 6.45) is 4.76. The number of aromatic nitrogens is 2. The van der Waals surface area contributed by atoms with Crippen LogP contribution in [0.1, 0.15) is 38.1 Å². The average Bonchev–Trinajstić information content (AvgIpc) is 2.59. The molecule has 6 nitrogen and oxygen atoms in total. The highest BCUT2D eigenvalue weighted by atomic mass is 16.5. The Kier molecular flexibility index (Phi) is 4.74. The second-order valence-electron chi connectivity index (χ2n) is 5.78. The van der Waals surface area contributed by atoms with Crippen molar-refractivity contribution in [3.8, 4) is 22.8 Å². The Morgan fingerprint density at radius 3 is 2.67 bits per heavy atom. The monoisotopic (exact) mass is 331 g/mol. The van der Waals surface area contributed by atoms with E-state index in [4.69, 9.17) is 9.47 Å². The molecule has 6 heteroatoms. The van der Waals surface area contributed by atoms with Gasteiger partial charge in [-0.2, -0.15) is 4.73 Å². The van der Waals surface area contributed by atoms with Crippen molar-refractivity contribution in [1.82, 2.24) is 4.73 Å². The fraction of sp³-hybridized carbons (Fsp3) is 0.444. The average molecular weight is 331 g/mol. The molecule has 1 aliphatic carbocycles. The molecule has 1 N–H and O–H groups in total. The van der Waals surface area contributed by atoms with Gasteiger partial charge < -0.3 is 14.7 Å². The Labute approximate surface area is 140 Å². The zero-order valence-electron chi connectivity index (χ0n) is 14.1. The molecule has 2 aromatic rings. The lowest BCUT2D eigenvalue weighted by molar-refractivity contribution is -0.507. The quantitative estimate of drug-likeness (QED) is 0.676. The van der Waals surface area contributed by atoms with E-state index in [2.05, 4.69) is 0 Å². The smallest absolute Gasteiger partial charge is 0.262 e. The first kappa shape index (κ1) is 16.4. The predicted octanol–water partition coefficient (Wildman–Crippen LogP) is 2.98. The molecule has 0 saturated heterocycles. The molecule has 0 bridgehead atoms. The lowest BCUT2D eigenvalue weighted by atomic mass is 9.99. The maximum Gasteiger partial charge on any atom is 0.262 e. The van der Waals surface area contributed by atoms with Gasteiger partial charge in [0.25, 0.3) is 11.9 Å². The van der Waals surface area contributed by atoms with Gasteiger partial charge in [0.1, 0.15) is 17.2 Å². The number of fused-ring (bicyclic) bond motifs is 1. The van der Waals surface area contributed by atoms with Crippen molar-refractivity contribution in [2.75, 3.05) is 13.2 Å². The maximum atomic E-state index is 12.4. The molecule has 1 aliphatic rings. The van der Waals surface area contributed by atoms with Crippen molar-refractivity contribution in [1.29, 1.82) is 0 Å². The number of hydrogen-bond acceptors (Lipinski definition) is 4. The summed E-state index contributed by atoms with van der Waals surface area (Å²) < 4.78 is 13.2. The molecule has 0 amide bonds. The third-order valence-corrected chi connectivity index (χ3v) is 4.24. The standard InChI is InChI=1S/C18H23N2O4/c1-3-23-13-9-10-14(18(11-13)24-4-2)17-12-19(21)15-7-5-6-8-16(15)20(17)22/h9-12,22H,3-8H2,1-2H3/q+1. The van der Waals surface area contributed by atoms with Crippen LogP contribution >= 0.6 is 0 Å². The Balaban J connectivity index is 2.15. The molecule has 0 spiro atoms. The summed E-state index contributed by atoms with van der Waals surface area (Å²) in [5, 5.41) is 10.7. The normalized spacial score (nSPS) is 13.4. The fourth-order valence-electron chi connectivity index (χ4n) is 3.16. The topological polar surface area (TPSA) is 66.6 Å². The molecule has 0 atom stereocenters. The second kappa shape index (κ2) is 6.95. The highest BCUT2D eigenvalue weighted by Crippen LogP contribution is 2.34. The minimum absolute atomic E-state index is 0.428. The molecule has 1 heterocycles. The van der Waals surface area contributed by atoms with Gasteiger partial charge in [-0.05, 0) is 45.2 Å². The first-order chi connectivity index (χ1) is 11.7. The summed E-state index contributed by atoms with van der Waals surface area (Å²) >= 11 is 0. The highest BCUT2D eigenvalue weighted by Gasteiger charge is 2.27. The number of rotatable bonds is 5. The van der Waals surface area contributed by atoms with Gasteiger partial charge in [0.2, 0.25) is 0 Å². The molecule has 24 heavy (non-hydrogen) atoms. The van der Waals surface area contributed by atoms with Crippen LogP contribution in [0.4, 0.5) is 0 Å². The van der Waals surface area contributed by atoms with Gasteiger partial charge in [0.05, 0.1) is 23.2 Å². The number of benzene rings is 1. The van der Waals surface area contributed by atoms with Crippen LogP contribution in [0.15, 0.2) is 24.4 Å². The van der Waals surface area contributed by atoms with Crippen LogP contribution in [-0.2, 0) is 12.8 Å². The largest absolute Gasteiger partial charge is 0.494 e. The highest BCUT2D eigenvalue weighted by molar-refractivity contribution is 5.68. The van der Waals surface area contributed by atoms with E-state index in [-0.39, 0.29) is 0 Å². The van der Waals surface area contributed by atoms with Crippen molar-refractivity contribution >= 4 is 0 Å². The van der Waals surface area contributed by atoms with Crippen LogP contribution in [-0.4, -0.2) is 23.2 Å². The van der Waals surface area contributed by atoms with Crippen molar-refractivity contribution in [2.45, 2.75) is 39.5 Å². The molecule has 3 rings (SSSR count). The van der Waals surface area contributed by atoms with Crippen molar-refractivity contribution < 1.29 is 19.1 Å². The summed E-state index contributed by atoms with van der Waals surface area (Å²) in [5.74, 6) is 1.28. The van der Waals surface area contributed by atoms with E-state index in [1.807, 2.05) is 26.0 Å². The van der Waals surface area contributed by atoms with Crippen LogP contribution < -0.4 is 13.9 Å². The first-order valence-corrected chi connectivity index (χ1v) is 8.45. The minimum atomic E-state index is 0.428. The van der Waals surface area contributed by atoms with Crippen LogP contribution in [0.25, 0.3) is 11.3 Å². The summed E-state index contributed by atoms with van der Waals surface area (Å²) in [5.41, 5.74) is 2.43. The molecule has 1 aromatic heterocycles. The Morgan fingerprint density at radius 2 is 1.92 bits per heavy atom. The number of ether oxygens (including phenoxy) is 2. The number of hydrogen-bond donors (Lipinski definition) is 1. The Hall–Kier alpha value is -2.50. The third-order valence-electron chi connectivity index (χ3n) is 4.24. The maximum absolute atomic E-state index is 12.4. The molecular formula is C18H23N2O4+. The van der Waals surface area contributed by atoms with Gasteiger partial charge in [-0.15, -0.1) is 0 Å². The Bertz CT molecular complexity index is 798. The van der Waals surface area contributed by atoms with E-state index in [9.17, 15) is 10.1 Å². The van der Waals surface area contributed by atoms with Gasteiger partial charge in [0.15, 0.2) is 5.69 Å². The van der Waals surface area contributed by atoms with Crippen molar-refractivity contribution in [3.05, 3.63) is 40.7 Å². The fourth-order valence-corrected chi connectivity index (χ4v) is 3.16. The van der Waals surface area contributed by atoms with Gasteiger partial charge in [-0.25, -0.2) is 0 Å².